The van der Waals surface area contributed by atoms with Gasteiger partial charge in [0.1, 0.15) is 11.6 Å². The van der Waals surface area contributed by atoms with Crippen molar-refractivity contribution >= 4 is 59.9 Å². The van der Waals surface area contributed by atoms with Crippen LogP contribution in [0.15, 0.2) is 29.1 Å². The number of piperidine rings is 1. The number of hydrogen-bond donors (Lipinski definition) is 2. The fourth-order valence-electron chi connectivity index (χ4n) is 5.24. The highest BCUT2D eigenvalue weighted by molar-refractivity contribution is 5.86. The molecule has 210 valence electrons. The van der Waals surface area contributed by atoms with Crippen LogP contribution >= 0.6 is 37.2 Å². The predicted octanol–water partition coefficient (Wildman–Crippen LogP) is 4.37. The van der Waals surface area contributed by atoms with Crippen LogP contribution in [0.4, 0.5) is 11.8 Å². The highest BCUT2D eigenvalue weighted by Crippen LogP contribution is 2.35. The van der Waals surface area contributed by atoms with Gasteiger partial charge in [0.2, 0.25) is 5.95 Å². The molecule has 2 aliphatic rings. The van der Waals surface area contributed by atoms with E-state index in [4.69, 9.17) is 19.4 Å². The maximum absolute atomic E-state index is 13.4. The zero-order chi connectivity index (χ0) is 24.4. The minimum absolute atomic E-state index is 0. The summed E-state index contributed by atoms with van der Waals surface area (Å²) in [6.45, 7) is 3.77. The number of anilines is 2. The molecule has 9 nitrogen and oxygen atoms in total. The van der Waals surface area contributed by atoms with Crippen LogP contribution in [0.25, 0.3) is 10.9 Å². The summed E-state index contributed by atoms with van der Waals surface area (Å²) in [7, 11) is 5.48. The molecule has 1 aromatic carbocycles. The molecule has 0 amide bonds. The van der Waals surface area contributed by atoms with Gasteiger partial charge < -0.3 is 19.7 Å². The first-order valence-electron chi connectivity index (χ1n) is 12.4. The van der Waals surface area contributed by atoms with E-state index in [2.05, 4.69) is 33.2 Å². The molecule has 1 unspecified atom stereocenters. The third kappa shape index (κ3) is 6.63. The number of nitrogens with zero attached hydrogens (tertiary/aromatic N) is 4. The van der Waals surface area contributed by atoms with Gasteiger partial charge in [0.05, 0.1) is 24.6 Å². The number of benzene rings is 1. The van der Waals surface area contributed by atoms with Crippen LogP contribution in [-0.2, 0) is 17.7 Å². The summed E-state index contributed by atoms with van der Waals surface area (Å²) in [5, 5.41) is 3.95. The first kappa shape index (κ1) is 31.9. The van der Waals surface area contributed by atoms with Crippen LogP contribution in [0.2, 0.25) is 0 Å². The molecule has 38 heavy (non-hydrogen) atoms. The SMILES string of the molecule is COCCNc1ccc2c(n1)CCN(c1nc3cc(OC)cc(C4CCCCN4C)c3c(=O)[nH]1)C2.Cl.Cl.Cl. The third-order valence-corrected chi connectivity index (χ3v) is 7.13. The van der Waals surface area contributed by atoms with Gasteiger partial charge in [0, 0.05) is 51.0 Å². The van der Waals surface area contributed by atoms with Crippen LogP contribution in [-0.4, -0.2) is 67.4 Å². The average Bonchev–Trinajstić information content (AvgIpc) is 2.88. The molecule has 2 aromatic heterocycles. The Hall–Kier alpha value is -2.30. The van der Waals surface area contributed by atoms with Gasteiger partial charge in [-0.3, -0.25) is 14.7 Å². The molecule has 2 aliphatic heterocycles. The molecule has 1 saturated heterocycles. The zero-order valence-corrected chi connectivity index (χ0v) is 24.4. The summed E-state index contributed by atoms with van der Waals surface area (Å²) in [6, 6.07) is 8.16. The van der Waals surface area contributed by atoms with Gasteiger partial charge >= 0.3 is 0 Å². The molecule has 4 heterocycles. The van der Waals surface area contributed by atoms with Crippen molar-refractivity contribution in [2.45, 2.75) is 38.3 Å². The Balaban J connectivity index is 0.00000169. The predicted molar refractivity (Wildman–Crippen MR) is 159 cm³/mol. The number of aromatic nitrogens is 3. The van der Waals surface area contributed by atoms with Crippen molar-refractivity contribution in [3.63, 3.8) is 0 Å². The highest BCUT2D eigenvalue weighted by atomic mass is 35.5. The molecule has 12 heteroatoms. The minimum Gasteiger partial charge on any atom is -0.497 e. The van der Waals surface area contributed by atoms with Crippen LogP contribution < -0.4 is 20.5 Å². The van der Waals surface area contributed by atoms with Crippen molar-refractivity contribution in [3.05, 3.63) is 51.4 Å². The number of hydrogen-bond acceptors (Lipinski definition) is 8. The quantitative estimate of drug-likeness (QED) is 0.394. The number of aromatic amines is 1. The van der Waals surface area contributed by atoms with E-state index < -0.39 is 0 Å². The number of fused-ring (bicyclic) bond motifs is 2. The number of H-pyrrole nitrogens is 1. The Kier molecular flexibility index (Phi) is 11.9. The molecule has 2 N–H and O–H groups in total. The third-order valence-electron chi connectivity index (χ3n) is 7.13. The van der Waals surface area contributed by atoms with Crippen LogP contribution in [0, 0.1) is 0 Å². The molecule has 1 atom stereocenters. The number of pyridine rings is 1. The van der Waals surface area contributed by atoms with Crippen molar-refractivity contribution in [2.75, 3.05) is 57.7 Å². The van der Waals surface area contributed by atoms with Gasteiger partial charge in [0.15, 0.2) is 0 Å². The summed E-state index contributed by atoms with van der Waals surface area (Å²) in [5.41, 5.74) is 3.81. The molecule has 0 saturated carbocycles. The summed E-state index contributed by atoms with van der Waals surface area (Å²) in [6.07, 6.45) is 4.15. The van der Waals surface area contributed by atoms with E-state index >= 15 is 0 Å². The number of rotatable bonds is 7. The Labute approximate surface area is 241 Å². The van der Waals surface area contributed by atoms with E-state index in [0.29, 0.717) is 30.0 Å². The molecular weight excluding hydrogens is 551 g/mol. The minimum atomic E-state index is -0.0942. The standard InChI is InChI=1S/C26H34N6O3.3ClH/c1-31-11-5-4-6-22(31)19-14-18(35-3)15-21-24(19)25(33)30-26(29-21)32-12-9-20-17(16-32)7-8-23(28-20)27-10-13-34-2;;;/h7-8,14-15,22H,4-6,9-13,16H2,1-3H3,(H,27,28)(H,29,30,33);3*1H. The molecule has 5 rings (SSSR count). The van der Waals surface area contributed by atoms with E-state index in [1.807, 2.05) is 18.2 Å². The maximum atomic E-state index is 13.4. The summed E-state index contributed by atoms with van der Waals surface area (Å²) < 4.78 is 10.7. The molecular formula is C26H37Cl3N6O3. The van der Waals surface area contributed by atoms with Gasteiger partial charge in [0.25, 0.3) is 5.56 Å². The van der Waals surface area contributed by atoms with E-state index in [9.17, 15) is 4.79 Å². The molecule has 0 radical (unpaired) electrons. The zero-order valence-electron chi connectivity index (χ0n) is 22.0. The second-order valence-electron chi connectivity index (χ2n) is 9.39. The Bertz CT molecular complexity index is 1270. The topological polar surface area (TPSA) is 95.6 Å². The number of nitrogens with one attached hydrogen (secondary N) is 2. The molecule has 1 fully saturated rings. The van der Waals surface area contributed by atoms with Gasteiger partial charge in [-0.15, -0.1) is 37.2 Å². The van der Waals surface area contributed by atoms with Gasteiger partial charge in [-0.1, -0.05) is 12.5 Å². The first-order valence-corrected chi connectivity index (χ1v) is 12.4. The fourth-order valence-corrected chi connectivity index (χ4v) is 5.24. The smallest absolute Gasteiger partial charge is 0.260 e. The van der Waals surface area contributed by atoms with Gasteiger partial charge in [-0.05, 0) is 49.7 Å². The van der Waals surface area contributed by atoms with E-state index in [-0.39, 0.29) is 48.8 Å². The fraction of sp³-hybridized carbons (Fsp3) is 0.500. The lowest BCUT2D eigenvalue weighted by Crippen LogP contribution is -2.34. The van der Waals surface area contributed by atoms with Gasteiger partial charge in [-0.2, -0.15) is 0 Å². The maximum Gasteiger partial charge on any atom is 0.260 e. The van der Waals surface area contributed by atoms with Crippen molar-refractivity contribution in [1.82, 2.24) is 19.9 Å². The summed E-state index contributed by atoms with van der Waals surface area (Å²) >= 11 is 0. The van der Waals surface area contributed by atoms with Crippen LogP contribution in [0.1, 0.15) is 42.1 Å². The van der Waals surface area contributed by atoms with E-state index in [0.717, 1.165) is 67.3 Å². The second kappa shape index (κ2) is 14.2. The first-order chi connectivity index (χ1) is 17.1. The van der Waals surface area contributed by atoms with E-state index in [1.165, 1.54) is 6.42 Å². The van der Waals surface area contributed by atoms with E-state index in [1.54, 1.807) is 14.2 Å². The Morgan fingerprint density at radius 3 is 2.66 bits per heavy atom. The number of halogens is 3. The van der Waals surface area contributed by atoms with Gasteiger partial charge in [-0.25, -0.2) is 9.97 Å². The number of likely N-dealkylation sites (tertiary alicyclic amines) is 1. The molecule has 3 aromatic rings. The molecule has 0 spiro atoms. The second-order valence-corrected chi connectivity index (χ2v) is 9.39. The highest BCUT2D eigenvalue weighted by Gasteiger charge is 2.26. The van der Waals surface area contributed by atoms with Crippen molar-refractivity contribution in [3.8, 4) is 5.75 Å². The normalized spacial score (nSPS) is 17.0. The van der Waals surface area contributed by atoms with Crippen molar-refractivity contribution < 1.29 is 9.47 Å². The largest absolute Gasteiger partial charge is 0.497 e. The summed E-state index contributed by atoms with van der Waals surface area (Å²) in [4.78, 5) is 30.6. The lowest BCUT2D eigenvalue weighted by atomic mass is 9.93. The molecule has 0 bridgehead atoms. The Morgan fingerprint density at radius 1 is 1.11 bits per heavy atom. The number of ether oxygens (including phenoxy) is 2. The average molecular weight is 588 g/mol. The van der Waals surface area contributed by atoms with Crippen molar-refractivity contribution in [2.24, 2.45) is 0 Å². The van der Waals surface area contributed by atoms with Crippen LogP contribution in [0.3, 0.4) is 0 Å². The van der Waals surface area contributed by atoms with Crippen LogP contribution in [0.5, 0.6) is 5.75 Å². The summed E-state index contributed by atoms with van der Waals surface area (Å²) in [5.74, 6) is 2.18. The lowest BCUT2D eigenvalue weighted by molar-refractivity contribution is 0.188. The molecule has 0 aliphatic carbocycles. The lowest BCUT2D eigenvalue weighted by Gasteiger charge is -2.33. The number of methoxy groups -OCH3 is 2. The van der Waals surface area contributed by atoms with Crippen molar-refractivity contribution in [1.29, 1.82) is 0 Å². The Morgan fingerprint density at radius 2 is 1.92 bits per heavy atom. The monoisotopic (exact) mass is 586 g/mol.